The van der Waals surface area contributed by atoms with Gasteiger partial charge in [-0.15, -0.1) is 0 Å². The highest BCUT2D eigenvalue weighted by atomic mass is 16.2. The van der Waals surface area contributed by atoms with Crippen molar-refractivity contribution in [3.63, 3.8) is 0 Å². The lowest BCUT2D eigenvalue weighted by Crippen LogP contribution is -2.53. The lowest BCUT2D eigenvalue weighted by molar-refractivity contribution is -0.129. The summed E-state index contributed by atoms with van der Waals surface area (Å²) in [5.74, 6) is -0.812. The minimum absolute atomic E-state index is 0.207. The molecule has 8 nitrogen and oxygen atoms in total. The van der Waals surface area contributed by atoms with Crippen molar-refractivity contribution in [1.82, 2.24) is 16.0 Å². The fourth-order valence-electron chi connectivity index (χ4n) is 3.56. The first kappa shape index (κ1) is 45.7. The van der Waals surface area contributed by atoms with Gasteiger partial charge in [0, 0.05) is 12.5 Å². The average Bonchev–Trinajstić information content (AvgIpc) is 3.08. The first-order chi connectivity index (χ1) is 21.7. The predicted octanol–water partition coefficient (Wildman–Crippen LogP) is 6.70. The van der Waals surface area contributed by atoms with Gasteiger partial charge >= 0.3 is 0 Å². The van der Waals surface area contributed by atoms with Crippen LogP contribution in [0.2, 0.25) is 0 Å². The number of nitrogens with one attached hydrogen (secondary N) is 3. The van der Waals surface area contributed by atoms with Crippen molar-refractivity contribution in [3.05, 3.63) is 84.0 Å². The van der Waals surface area contributed by atoms with E-state index in [2.05, 4.69) is 67.1 Å². The monoisotopic (exact) mass is 625 g/mol. The molecule has 1 unspecified atom stereocenters. The SMILES string of the molecule is C/C=C(/C)C/C=C\C=C/CC(N)CC.CC.CC.CC.C[C@H](NC=O)NC(=O)[C@@H](Cc1cccc2ccccc12)NC(=O)CN. The highest BCUT2D eigenvalue weighted by Gasteiger charge is 2.22. The second-order valence-electron chi connectivity index (χ2n) is 9.28. The summed E-state index contributed by atoms with van der Waals surface area (Å²) in [6.07, 6.45) is 14.0. The Morgan fingerprint density at radius 3 is 2.09 bits per heavy atom. The Balaban J connectivity index is -0.000000751. The number of hydrogen-bond acceptors (Lipinski definition) is 5. The van der Waals surface area contributed by atoms with Crippen molar-refractivity contribution in [2.45, 2.75) is 113 Å². The molecular weight excluding hydrogens is 562 g/mol. The molecule has 0 heterocycles. The molecule has 0 aromatic heterocycles. The number of hydrogen-bond donors (Lipinski definition) is 5. The molecule has 0 aliphatic heterocycles. The van der Waals surface area contributed by atoms with E-state index in [1.54, 1.807) is 6.92 Å². The molecule has 254 valence electrons. The van der Waals surface area contributed by atoms with E-state index in [4.69, 9.17) is 11.5 Å². The molecule has 0 radical (unpaired) electrons. The summed E-state index contributed by atoms with van der Waals surface area (Å²) in [7, 11) is 0. The number of fused-ring (bicyclic) bond motifs is 1. The summed E-state index contributed by atoms with van der Waals surface area (Å²) < 4.78 is 0. The summed E-state index contributed by atoms with van der Waals surface area (Å²) in [5.41, 5.74) is 13.5. The number of benzene rings is 2. The molecule has 0 bridgehead atoms. The lowest BCUT2D eigenvalue weighted by atomic mass is 9.98. The maximum atomic E-state index is 12.5. The number of nitrogens with two attached hydrogens (primary N) is 2. The summed E-state index contributed by atoms with van der Waals surface area (Å²) in [5, 5.41) is 9.79. The zero-order valence-electron chi connectivity index (χ0n) is 29.7. The summed E-state index contributed by atoms with van der Waals surface area (Å²) >= 11 is 0. The van der Waals surface area contributed by atoms with Crippen LogP contribution in [0.25, 0.3) is 10.8 Å². The highest BCUT2D eigenvalue weighted by molar-refractivity contribution is 5.90. The lowest BCUT2D eigenvalue weighted by Gasteiger charge is -2.21. The van der Waals surface area contributed by atoms with Gasteiger partial charge in [0.15, 0.2) is 0 Å². The topological polar surface area (TPSA) is 139 Å². The second-order valence-corrected chi connectivity index (χ2v) is 9.28. The maximum Gasteiger partial charge on any atom is 0.244 e. The summed E-state index contributed by atoms with van der Waals surface area (Å²) in [6, 6.07) is 13.2. The van der Waals surface area contributed by atoms with Crippen LogP contribution in [0.1, 0.15) is 94.1 Å². The van der Waals surface area contributed by atoms with Crippen LogP contribution < -0.4 is 27.4 Å². The molecule has 0 fully saturated rings. The molecule has 2 rings (SSSR count). The second kappa shape index (κ2) is 31.7. The summed E-state index contributed by atoms with van der Waals surface area (Å²) in [6.45, 7) is 19.7. The highest BCUT2D eigenvalue weighted by Crippen LogP contribution is 2.20. The van der Waals surface area contributed by atoms with Gasteiger partial charge < -0.3 is 27.4 Å². The third-order valence-electron chi connectivity index (χ3n) is 6.10. The number of rotatable bonds is 14. The van der Waals surface area contributed by atoms with Gasteiger partial charge in [0.25, 0.3) is 0 Å². The Morgan fingerprint density at radius 2 is 1.51 bits per heavy atom. The molecule has 0 spiro atoms. The molecule has 7 N–H and O–H groups in total. The van der Waals surface area contributed by atoms with Gasteiger partial charge in [0.1, 0.15) is 6.04 Å². The van der Waals surface area contributed by atoms with Crippen LogP contribution in [-0.2, 0) is 20.8 Å². The van der Waals surface area contributed by atoms with Crippen LogP contribution in [0.4, 0.5) is 0 Å². The summed E-state index contributed by atoms with van der Waals surface area (Å²) in [4.78, 5) is 34.7. The van der Waals surface area contributed by atoms with Gasteiger partial charge in [-0.25, -0.2) is 0 Å². The van der Waals surface area contributed by atoms with Gasteiger partial charge in [-0.05, 0) is 56.4 Å². The number of allylic oxidation sites excluding steroid dienone is 5. The quantitative estimate of drug-likeness (QED) is 0.0688. The van der Waals surface area contributed by atoms with Crippen LogP contribution in [-0.4, -0.2) is 43.0 Å². The van der Waals surface area contributed by atoms with Gasteiger partial charge in [-0.1, -0.05) is 127 Å². The molecule has 45 heavy (non-hydrogen) atoms. The molecular formula is C37H63N5O3. The van der Waals surface area contributed by atoms with Crippen LogP contribution in [0, 0.1) is 0 Å². The van der Waals surface area contributed by atoms with Crippen molar-refractivity contribution < 1.29 is 14.4 Å². The maximum absolute atomic E-state index is 12.5. The Labute approximate surface area is 274 Å². The fourth-order valence-corrected chi connectivity index (χ4v) is 3.56. The smallest absolute Gasteiger partial charge is 0.244 e. The Bertz CT molecular complexity index is 1120. The van der Waals surface area contributed by atoms with E-state index in [-0.39, 0.29) is 6.54 Å². The van der Waals surface area contributed by atoms with E-state index in [9.17, 15) is 14.4 Å². The molecule has 0 aliphatic carbocycles. The van der Waals surface area contributed by atoms with Crippen LogP contribution in [0.3, 0.4) is 0 Å². The molecule has 3 amide bonds. The van der Waals surface area contributed by atoms with E-state index < -0.39 is 24.0 Å². The van der Waals surface area contributed by atoms with Crippen molar-refractivity contribution >= 4 is 29.0 Å². The Morgan fingerprint density at radius 1 is 0.911 bits per heavy atom. The third kappa shape index (κ3) is 22.4. The van der Waals surface area contributed by atoms with Crippen LogP contribution >= 0.6 is 0 Å². The van der Waals surface area contributed by atoms with Crippen LogP contribution in [0.15, 0.2) is 78.4 Å². The van der Waals surface area contributed by atoms with Gasteiger partial charge in [-0.3, -0.25) is 14.4 Å². The van der Waals surface area contributed by atoms with Crippen LogP contribution in [0.5, 0.6) is 0 Å². The van der Waals surface area contributed by atoms with Crippen molar-refractivity contribution in [2.75, 3.05) is 6.54 Å². The zero-order chi connectivity index (χ0) is 35.0. The fraction of sp³-hybridized carbons (Fsp3) is 0.486. The number of carbonyl (C=O) groups is 3. The largest absolute Gasteiger partial charge is 0.343 e. The predicted molar refractivity (Wildman–Crippen MR) is 195 cm³/mol. The Kier molecular flexibility index (Phi) is 32.1. The molecule has 3 atom stereocenters. The van der Waals surface area contributed by atoms with E-state index >= 15 is 0 Å². The van der Waals surface area contributed by atoms with Crippen molar-refractivity contribution in [1.29, 1.82) is 0 Å². The third-order valence-corrected chi connectivity index (χ3v) is 6.10. The van der Waals surface area contributed by atoms with Crippen molar-refractivity contribution in [2.24, 2.45) is 11.5 Å². The standard InChI is InChI=1S/C18H22N4O3.C13H23N.3C2H6/c1-12(20-11-23)21-18(25)16(22-17(24)10-19)9-14-7-4-6-13-5-2-3-8-15(13)14;1-4-12(3)10-8-6-7-9-11-13(14)5-2;3*1-2/h2-8,11-12,16H,9-10,19H2,1H3,(H,20,23)(H,21,25)(H,22,24);4,6-9,13H,5,10-11,14H2,1-3H3;3*1-2H3/b;8-6-,9-7-,12-4-;;;/t12-,16-;;;;/m1..../s1. The molecule has 0 saturated carbocycles. The first-order valence-electron chi connectivity index (χ1n) is 16.4. The van der Waals surface area contributed by atoms with E-state index in [0.29, 0.717) is 18.9 Å². The minimum atomic E-state index is -0.794. The average molecular weight is 626 g/mol. The van der Waals surface area contributed by atoms with E-state index in [1.807, 2.05) is 84.0 Å². The normalized spacial score (nSPS) is 12.4. The molecule has 0 saturated heterocycles. The van der Waals surface area contributed by atoms with Crippen molar-refractivity contribution in [3.8, 4) is 0 Å². The van der Waals surface area contributed by atoms with Gasteiger partial charge in [0.2, 0.25) is 18.2 Å². The number of carbonyl (C=O) groups excluding carboxylic acids is 3. The van der Waals surface area contributed by atoms with E-state index in [0.717, 1.165) is 35.6 Å². The van der Waals surface area contributed by atoms with Gasteiger partial charge in [-0.2, -0.15) is 0 Å². The molecule has 0 aliphatic rings. The zero-order valence-corrected chi connectivity index (χ0v) is 29.7. The van der Waals surface area contributed by atoms with E-state index in [1.165, 1.54) is 5.57 Å². The molecule has 8 heteroatoms. The Hall–Kier alpha value is -3.75. The number of amides is 3. The molecule has 2 aromatic carbocycles. The minimum Gasteiger partial charge on any atom is -0.343 e. The molecule has 2 aromatic rings. The first-order valence-corrected chi connectivity index (χ1v) is 16.4. The van der Waals surface area contributed by atoms with Gasteiger partial charge in [0.05, 0.1) is 12.7 Å².